The van der Waals surface area contributed by atoms with Crippen LogP contribution in [0.2, 0.25) is 0 Å². The van der Waals surface area contributed by atoms with Crippen molar-refractivity contribution in [3.63, 3.8) is 0 Å². The number of amides is 2. The predicted octanol–water partition coefficient (Wildman–Crippen LogP) is 1.81. The molecule has 1 aromatic carbocycles. The first-order valence-corrected chi connectivity index (χ1v) is 11.2. The Labute approximate surface area is 174 Å². The van der Waals surface area contributed by atoms with E-state index in [9.17, 15) is 22.4 Å². The molecule has 0 aliphatic rings. The van der Waals surface area contributed by atoms with Crippen LogP contribution in [0.4, 0.5) is 10.2 Å². The first-order chi connectivity index (χ1) is 14.2. The Balaban J connectivity index is 1.78. The molecule has 0 unspecified atom stereocenters. The lowest BCUT2D eigenvalue weighted by Crippen LogP contribution is -2.28. The van der Waals surface area contributed by atoms with E-state index in [-0.39, 0.29) is 10.6 Å². The van der Waals surface area contributed by atoms with E-state index in [1.165, 1.54) is 18.2 Å². The summed E-state index contributed by atoms with van der Waals surface area (Å²) in [7, 11) is -4.07. The van der Waals surface area contributed by atoms with Gasteiger partial charge in [-0.15, -0.1) is 6.58 Å². The fourth-order valence-corrected chi connectivity index (χ4v) is 4.72. The SMILES string of the molecule is C=CCn1c(=NC(=O)CS(=O)(=O)CC(=O)Nc2cc(C)on2)sc2cc(F)ccc21. The molecule has 0 saturated carbocycles. The number of hydrogen-bond acceptors (Lipinski definition) is 7. The van der Waals surface area contributed by atoms with Gasteiger partial charge in [-0.1, -0.05) is 22.6 Å². The number of hydrogen-bond donors (Lipinski definition) is 1. The van der Waals surface area contributed by atoms with Crippen LogP contribution in [-0.2, 0) is 26.0 Å². The number of aryl methyl sites for hydroxylation is 1. The minimum atomic E-state index is -4.07. The van der Waals surface area contributed by atoms with Crippen molar-refractivity contribution in [1.29, 1.82) is 0 Å². The maximum Gasteiger partial charge on any atom is 0.263 e. The summed E-state index contributed by atoms with van der Waals surface area (Å²) in [5.41, 5.74) is 0.637. The van der Waals surface area contributed by atoms with Gasteiger partial charge in [0.05, 0.1) is 10.2 Å². The summed E-state index contributed by atoms with van der Waals surface area (Å²) in [6.45, 7) is 5.55. The summed E-state index contributed by atoms with van der Waals surface area (Å²) in [4.78, 5) is 28.2. The van der Waals surface area contributed by atoms with E-state index < -0.39 is 39.0 Å². The third kappa shape index (κ3) is 5.27. The summed E-state index contributed by atoms with van der Waals surface area (Å²) in [6, 6.07) is 5.55. The molecule has 0 bridgehead atoms. The summed E-state index contributed by atoms with van der Waals surface area (Å²) in [5.74, 6) is -3.58. The molecule has 2 heterocycles. The zero-order valence-corrected chi connectivity index (χ0v) is 17.4. The van der Waals surface area contributed by atoms with Crippen LogP contribution in [0.1, 0.15) is 5.76 Å². The average Bonchev–Trinajstić information content (AvgIpc) is 3.17. The lowest BCUT2D eigenvalue weighted by Gasteiger charge is -2.03. The number of sulfone groups is 1. The molecule has 2 amide bonds. The normalized spacial score (nSPS) is 12.3. The molecule has 30 heavy (non-hydrogen) atoms. The van der Waals surface area contributed by atoms with Gasteiger partial charge in [0.15, 0.2) is 20.5 Å². The summed E-state index contributed by atoms with van der Waals surface area (Å²) >= 11 is 1.05. The van der Waals surface area contributed by atoms with Crippen LogP contribution < -0.4 is 10.1 Å². The average molecular weight is 452 g/mol. The van der Waals surface area contributed by atoms with Crippen LogP contribution in [0.5, 0.6) is 0 Å². The number of fused-ring (bicyclic) bond motifs is 1. The van der Waals surface area contributed by atoms with E-state index in [0.717, 1.165) is 11.3 Å². The van der Waals surface area contributed by atoms with Crippen LogP contribution in [0.25, 0.3) is 10.2 Å². The molecule has 1 N–H and O–H groups in total. The highest BCUT2D eigenvalue weighted by molar-refractivity contribution is 7.92. The van der Waals surface area contributed by atoms with Crippen molar-refractivity contribution < 1.29 is 26.9 Å². The van der Waals surface area contributed by atoms with Gasteiger partial charge in [0.1, 0.15) is 23.1 Å². The van der Waals surface area contributed by atoms with Crippen LogP contribution in [0.3, 0.4) is 0 Å². The number of benzene rings is 1. The van der Waals surface area contributed by atoms with Crippen LogP contribution >= 0.6 is 11.3 Å². The van der Waals surface area contributed by atoms with Gasteiger partial charge in [0, 0.05) is 12.6 Å². The third-order valence-electron chi connectivity index (χ3n) is 3.77. The quantitative estimate of drug-likeness (QED) is 0.545. The number of halogens is 1. The van der Waals surface area contributed by atoms with Crippen molar-refractivity contribution in [2.24, 2.45) is 4.99 Å². The molecule has 0 saturated heterocycles. The number of carbonyl (C=O) groups is 2. The molecule has 9 nitrogen and oxygen atoms in total. The number of nitrogens with one attached hydrogen (secondary N) is 1. The number of rotatable bonds is 7. The van der Waals surface area contributed by atoms with Crippen molar-refractivity contribution in [3.8, 4) is 0 Å². The highest BCUT2D eigenvalue weighted by atomic mass is 32.2. The number of aromatic nitrogens is 2. The predicted molar refractivity (Wildman–Crippen MR) is 109 cm³/mol. The smallest absolute Gasteiger partial charge is 0.263 e. The zero-order chi connectivity index (χ0) is 21.9. The molecule has 0 aliphatic heterocycles. The third-order valence-corrected chi connectivity index (χ3v) is 6.20. The van der Waals surface area contributed by atoms with Gasteiger partial charge in [0.25, 0.3) is 5.91 Å². The Bertz CT molecular complexity index is 1300. The number of carbonyl (C=O) groups excluding carboxylic acids is 2. The van der Waals surface area contributed by atoms with Crippen molar-refractivity contribution in [2.45, 2.75) is 13.5 Å². The molecule has 2 aromatic heterocycles. The Morgan fingerprint density at radius 2 is 2.13 bits per heavy atom. The van der Waals surface area contributed by atoms with Crippen molar-refractivity contribution in [1.82, 2.24) is 9.72 Å². The van der Waals surface area contributed by atoms with Gasteiger partial charge in [-0.25, -0.2) is 12.8 Å². The molecular weight excluding hydrogens is 435 g/mol. The number of nitrogens with zero attached hydrogens (tertiary/aromatic N) is 3. The lowest BCUT2D eigenvalue weighted by molar-refractivity contribution is -0.115. The van der Waals surface area contributed by atoms with Crippen LogP contribution in [-0.4, -0.2) is 41.5 Å². The van der Waals surface area contributed by atoms with Crippen molar-refractivity contribution in [3.05, 3.63) is 53.3 Å². The Morgan fingerprint density at radius 3 is 2.80 bits per heavy atom. The largest absolute Gasteiger partial charge is 0.360 e. The highest BCUT2D eigenvalue weighted by Crippen LogP contribution is 2.18. The van der Waals surface area contributed by atoms with Gasteiger partial charge in [-0.2, -0.15) is 4.99 Å². The topological polar surface area (TPSA) is 124 Å². The first kappa shape index (κ1) is 21.6. The number of thiazole rings is 1. The fourth-order valence-electron chi connectivity index (χ4n) is 2.62. The Hall–Kier alpha value is -3.12. The molecular formula is C18H17FN4O5S2. The molecule has 0 atom stereocenters. The van der Waals surface area contributed by atoms with Crippen molar-refractivity contribution >= 4 is 49.0 Å². The lowest BCUT2D eigenvalue weighted by atomic mass is 10.3. The summed E-state index contributed by atoms with van der Waals surface area (Å²) < 4.78 is 44.8. The second-order valence-electron chi connectivity index (χ2n) is 6.30. The molecule has 3 aromatic rings. The second kappa shape index (κ2) is 8.71. The number of anilines is 1. The standard InChI is InChI=1S/C18H17FN4O5S2/c1-3-6-23-13-5-4-12(19)8-14(13)29-18(23)21-17(25)10-30(26,27)9-16(24)20-15-7-11(2)28-22-15/h3-5,7-8H,1,6,9-10H2,2H3,(H,20,22,24). The fraction of sp³-hybridized carbons (Fsp3) is 0.222. The minimum Gasteiger partial charge on any atom is -0.360 e. The van der Waals surface area contributed by atoms with E-state index in [1.54, 1.807) is 23.6 Å². The monoisotopic (exact) mass is 452 g/mol. The Kier molecular flexibility index (Phi) is 6.27. The van der Waals surface area contributed by atoms with Gasteiger partial charge in [0.2, 0.25) is 5.91 Å². The zero-order valence-electron chi connectivity index (χ0n) is 15.8. The molecule has 12 heteroatoms. The van der Waals surface area contributed by atoms with E-state index >= 15 is 0 Å². The molecule has 0 radical (unpaired) electrons. The van der Waals surface area contributed by atoms with Crippen molar-refractivity contribution in [2.75, 3.05) is 16.8 Å². The number of allylic oxidation sites excluding steroid dienone is 1. The molecule has 0 fully saturated rings. The minimum absolute atomic E-state index is 0.0756. The van der Waals surface area contributed by atoms with Crippen LogP contribution in [0.15, 0.2) is 46.4 Å². The molecule has 3 rings (SSSR count). The van der Waals surface area contributed by atoms with Gasteiger partial charge >= 0.3 is 0 Å². The highest BCUT2D eigenvalue weighted by Gasteiger charge is 2.22. The maximum absolute atomic E-state index is 13.5. The van der Waals surface area contributed by atoms with Gasteiger partial charge in [-0.3, -0.25) is 9.59 Å². The van der Waals surface area contributed by atoms with E-state index in [2.05, 4.69) is 22.0 Å². The molecule has 0 spiro atoms. The Morgan fingerprint density at radius 1 is 1.37 bits per heavy atom. The summed E-state index contributed by atoms with van der Waals surface area (Å²) in [5, 5.41) is 5.81. The first-order valence-electron chi connectivity index (χ1n) is 8.58. The summed E-state index contributed by atoms with van der Waals surface area (Å²) in [6.07, 6.45) is 1.58. The molecule has 0 aliphatic carbocycles. The molecule has 158 valence electrons. The van der Waals surface area contributed by atoms with E-state index in [1.807, 2.05) is 0 Å². The maximum atomic E-state index is 13.5. The van der Waals surface area contributed by atoms with Gasteiger partial charge in [-0.05, 0) is 25.1 Å². The second-order valence-corrected chi connectivity index (χ2v) is 9.38. The van der Waals surface area contributed by atoms with Gasteiger partial charge < -0.3 is 14.4 Å². The van der Waals surface area contributed by atoms with Crippen LogP contribution in [0, 0.1) is 12.7 Å². The van der Waals surface area contributed by atoms with E-state index in [0.29, 0.717) is 22.5 Å². The van der Waals surface area contributed by atoms with E-state index in [4.69, 9.17) is 4.52 Å².